The topological polar surface area (TPSA) is 47.3 Å². The van der Waals surface area contributed by atoms with Crippen molar-refractivity contribution >= 4 is 16.6 Å². The van der Waals surface area contributed by atoms with Gasteiger partial charge in [-0.1, -0.05) is 44.6 Å². The van der Waals surface area contributed by atoms with Crippen molar-refractivity contribution in [1.29, 1.82) is 0 Å². The van der Waals surface area contributed by atoms with Gasteiger partial charge in [-0.2, -0.15) is 0 Å². The zero-order valence-electron chi connectivity index (χ0n) is 19.1. The van der Waals surface area contributed by atoms with E-state index in [2.05, 4.69) is 33.1 Å². The Morgan fingerprint density at radius 1 is 1.03 bits per heavy atom. The van der Waals surface area contributed by atoms with Crippen LogP contribution in [0.1, 0.15) is 94.6 Å². The summed E-state index contributed by atoms with van der Waals surface area (Å²) in [6.45, 7) is 10.4. The predicted molar refractivity (Wildman–Crippen MR) is 131 cm³/mol. The number of benzene rings is 1. The Balaban J connectivity index is 1.68. The van der Waals surface area contributed by atoms with Crippen LogP contribution < -0.4 is 11.1 Å². The third-order valence-corrected chi connectivity index (χ3v) is 7.75. The van der Waals surface area contributed by atoms with Gasteiger partial charge in [0.25, 0.3) is 0 Å². The summed E-state index contributed by atoms with van der Waals surface area (Å²) in [4.78, 5) is 3.77. The SMILES string of the molecule is [C-]#[N+]c1ccc2c(c1)c(C(CCNCCCN)C1CCCCC1)cn2C1CCCCC1. The molecular weight excluding hydrogens is 380 g/mol. The lowest BCUT2D eigenvalue weighted by Crippen LogP contribution is -2.24. The highest BCUT2D eigenvalue weighted by molar-refractivity contribution is 5.88. The molecule has 0 saturated heterocycles. The number of nitrogens with two attached hydrogens (primary N) is 1. The van der Waals surface area contributed by atoms with Crippen LogP contribution in [0.4, 0.5) is 5.69 Å². The molecule has 1 heterocycles. The second-order valence-corrected chi connectivity index (χ2v) is 9.78. The van der Waals surface area contributed by atoms with Crippen LogP contribution in [0.2, 0.25) is 0 Å². The van der Waals surface area contributed by atoms with E-state index in [0.29, 0.717) is 12.0 Å². The molecule has 2 aliphatic rings. The second kappa shape index (κ2) is 11.2. The van der Waals surface area contributed by atoms with Crippen molar-refractivity contribution in [3.63, 3.8) is 0 Å². The summed E-state index contributed by atoms with van der Waals surface area (Å²) in [5.41, 5.74) is 9.32. The molecule has 2 aromatic rings. The minimum atomic E-state index is 0.582. The van der Waals surface area contributed by atoms with E-state index in [4.69, 9.17) is 12.3 Å². The predicted octanol–water partition coefficient (Wildman–Crippen LogP) is 6.69. The summed E-state index contributed by atoms with van der Waals surface area (Å²) < 4.78 is 2.59. The molecule has 31 heavy (non-hydrogen) atoms. The fourth-order valence-corrected chi connectivity index (χ4v) is 6.09. The molecule has 4 rings (SSSR count). The van der Waals surface area contributed by atoms with E-state index in [1.165, 1.54) is 87.1 Å². The number of hydrogen-bond acceptors (Lipinski definition) is 2. The minimum Gasteiger partial charge on any atom is -0.344 e. The fourth-order valence-electron chi connectivity index (χ4n) is 6.09. The Morgan fingerprint density at radius 2 is 1.77 bits per heavy atom. The second-order valence-electron chi connectivity index (χ2n) is 9.78. The van der Waals surface area contributed by atoms with Gasteiger partial charge >= 0.3 is 0 Å². The van der Waals surface area contributed by atoms with Crippen LogP contribution in [0.3, 0.4) is 0 Å². The smallest absolute Gasteiger partial charge is 0.187 e. The molecule has 1 unspecified atom stereocenters. The van der Waals surface area contributed by atoms with Gasteiger partial charge in [0.1, 0.15) is 0 Å². The van der Waals surface area contributed by atoms with E-state index in [0.717, 1.165) is 37.7 Å². The molecule has 1 aromatic carbocycles. The van der Waals surface area contributed by atoms with E-state index >= 15 is 0 Å². The van der Waals surface area contributed by atoms with Gasteiger partial charge < -0.3 is 15.6 Å². The molecule has 2 saturated carbocycles. The Labute approximate surface area is 188 Å². The van der Waals surface area contributed by atoms with Crippen LogP contribution in [0, 0.1) is 12.5 Å². The maximum Gasteiger partial charge on any atom is 0.187 e. The molecule has 0 radical (unpaired) electrons. The third-order valence-electron chi connectivity index (χ3n) is 7.75. The molecule has 3 N–H and O–H groups in total. The summed E-state index contributed by atoms with van der Waals surface area (Å²) in [5.74, 6) is 1.35. The Kier molecular flexibility index (Phi) is 8.05. The third kappa shape index (κ3) is 5.33. The summed E-state index contributed by atoms with van der Waals surface area (Å²) in [6.07, 6.45) is 18.2. The van der Waals surface area contributed by atoms with E-state index in [9.17, 15) is 0 Å². The van der Waals surface area contributed by atoms with E-state index in [1.807, 2.05) is 6.07 Å². The zero-order chi connectivity index (χ0) is 21.5. The van der Waals surface area contributed by atoms with Crippen LogP contribution >= 0.6 is 0 Å². The molecule has 0 amide bonds. The van der Waals surface area contributed by atoms with Crippen molar-refractivity contribution < 1.29 is 0 Å². The first-order chi connectivity index (χ1) is 15.3. The van der Waals surface area contributed by atoms with E-state index in [-0.39, 0.29) is 0 Å². The lowest BCUT2D eigenvalue weighted by atomic mass is 9.75. The maximum absolute atomic E-state index is 7.57. The van der Waals surface area contributed by atoms with Gasteiger partial charge in [-0.15, -0.1) is 0 Å². The van der Waals surface area contributed by atoms with Crippen molar-refractivity contribution in [2.45, 2.75) is 89.0 Å². The van der Waals surface area contributed by atoms with Crippen LogP contribution in [0.15, 0.2) is 24.4 Å². The van der Waals surface area contributed by atoms with Crippen LogP contribution in [0.5, 0.6) is 0 Å². The number of fused-ring (bicyclic) bond motifs is 1. The molecular formula is C27H40N4. The quantitative estimate of drug-likeness (QED) is 0.351. The highest BCUT2D eigenvalue weighted by Gasteiger charge is 2.29. The highest BCUT2D eigenvalue weighted by atomic mass is 15.0. The van der Waals surface area contributed by atoms with Gasteiger partial charge in [0.15, 0.2) is 5.69 Å². The normalized spacial score (nSPS) is 19.5. The molecule has 0 bridgehead atoms. The van der Waals surface area contributed by atoms with Crippen molar-refractivity contribution in [2.75, 3.05) is 19.6 Å². The van der Waals surface area contributed by atoms with Gasteiger partial charge in [-0.3, -0.25) is 0 Å². The number of nitrogens with zero attached hydrogens (tertiary/aromatic N) is 2. The standard InChI is InChI=1S/C27H40N4/c1-29-22-13-14-27-25(19-22)26(20-31(27)23-11-6-3-7-12-23)24(15-18-30-17-8-16-28)21-9-4-2-5-10-21/h13-14,19-21,23-24,30H,2-12,15-18,28H2. The lowest BCUT2D eigenvalue weighted by molar-refractivity contribution is 0.292. The molecule has 0 aliphatic heterocycles. The molecule has 2 aliphatic carbocycles. The van der Waals surface area contributed by atoms with Crippen molar-refractivity contribution in [2.24, 2.45) is 11.7 Å². The van der Waals surface area contributed by atoms with Gasteiger partial charge in [0.05, 0.1) is 6.57 Å². The maximum atomic E-state index is 7.57. The van der Waals surface area contributed by atoms with Crippen molar-refractivity contribution in [1.82, 2.24) is 9.88 Å². The Hall–Kier alpha value is -1.83. The first kappa shape index (κ1) is 22.4. The largest absolute Gasteiger partial charge is 0.344 e. The monoisotopic (exact) mass is 420 g/mol. The van der Waals surface area contributed by atoms with E-state index in [1.54, 1.807) is 0 Å². The molecule has 168 valence electrons. The summed E-state index contributed by atoms with van der Waals surface area (Å²) >= 11 is 0. The van der Waals surface area contributed by atoms with Gasteiger partial charge in [-0.25, -0.2) is 4.85 Å². The molecule has 2 fully saturated rings. The van der Waals surface area contributed by atoms with Gasteiger partial charge in [0, 0.05) is 17.8 Å². The van der Waals surface area contributed by atoms with Gasteiger partial charge in [0.2, 0.25) is 0 Å². The minimum absolute atomic E-state index is 0.582. The summed E-state index contributed by atoms with van der Waals surface area (Å²) in [7, 11) is 0. The number of hydrogen-bond donors (Lipinski definition) is 2. The summed E-state index contributed by atoms with van der Waals surface area (Å²) in [5, 5.41) is 4.98. The van der Waals surface area contributed by atoms with Gasteiger partial charge in [-0.05, 0) is 93.1 Å². The first-order valence-electron chi connectivity index (χ1n) is 12.7. The van der Waals surface area contributed by atoms with Crippen molar-refractivity contribution in [3.8, 4) is 0 Å². The fraction of sp³-hybridized carbons (Fsp3) is 0.667. The average Bonchev–Trinajstić information content (AvgIpc) is 3.21. The molecule has 1 atom stereocenters. The Morgan fingerprint density at radius 3 is 2.48 bits per heavy atom. The molecule has 0 spiro atoms. The van der Waals surface area contributed by atoms with E-state index < -0.39 is 0 Å². The van der Waals surface area contributed by atoms with Crippen molar-refractivity contribution in [3.05, 3.63) is 41.4 Å². The molecule has 4 heteroatoms. The highest BCUT2D eigenvalue weighted by Crippen LogP contribution is 2.43. The van der Waals surface area contributed by atoms with Crippen LogP contribution in [0.25, 0.3) is 15.7 Å². The van der Waals surface area contributed by atoms with Crippen LogP contribution in [-0.4, -0.2) is 24.2 Å². The molecule has 4 nitrogen and oxygen atoms in total. The van der Waals surface area contributed by atoms with Crippen LogP contribution in [-0.2, 0) is 0 Å². The number of rotatable bonds is 9. The summed E-state index contributed by atoms with van der Waals surface area (Å²) in [6, 6.07) is 7.04. The lowest BCUT2D eigenvalue weighted by Gasteiger charge is -2.31. The number of aromatic nitrogens is 1. The first-order valence-corrected chi connectivity index (χ1v) is 12.7. The molecule has 1 aromatic heterocycles. The zero-order valence-corrected chi connectivity index (χ0v) is 19.1. The Bertz CT molecular complexity index is 865. The average molecular weight is 421 g/mol. The number of nitrogens with one attached hydrogen (secondary N) is 1.